The molecule has 0 saturated heterocycles. The summed E-state index contributed by atoms with van der Waals surface area (Å²) in [5.74, 6) is -1.56. The highest BCUT2D eigenvalue weighted by Gasteiger charge is 2.18. The first-order valence-electron chi connectivity index (χ1n) is 5.46. The summed E-state index contributed by atoms with van der Waals surface area (Å²) in [5, 5.41) is 9.28. The first-order chi connectivity index (χ1) is 8.86. The fourth-order valence-electron chi connectivity index (χ4n) is 1.29. The van der Waals surface area contributed by atoms with Crippen LogP contribution < -0.4 is 4.74 Å². The van der Waals surface area contributed by atoms with Crippen LogP contribution in [0.4, 0.5) is 0 Å². The van der Waals surface area contributed by atoms with E-state index < -0.39 is 5.97 Å². The van der Waals surface area contributed by atoms with E-state index >= 15 is 0 Å². The number of carboxylic acids is 1. The molecule has 0 spiro atoms. The van der Waals surface area contributed by atoms with Gasteiger partial charge in [0.2, 0.25) is 0 Å². The standard InChI is InChI=1S/C12H13Cl2NO4/c1-3-15(2)10(16)6-19-11-8(12(17)18)4-7(13)5-9(11)14/h4-5H,3,6H2,1-2H3,(H,17,18). The molecule has 1 amide bonds. The number of ether oxygens (including phenoxy) is 1. The second-order valence-electron chi connectivity index (χ2n) is 3.77. The van der Waals surface area contributed by atoms with Crippen LogP contribution in [0, 0.1) is 0 Å². The molecule has 0 aromatic heterocycles. The van der Waals surface area contributed by atoms with E-state index in [0.29, 0.717) is 6.54 Å². The number of aromatic carboxylic acids is 1. The predicted molar refractivity (Wildman–Crippen MR) is 72.2 cm³/mol. The molecule has 0 aliphatic carbocycles. The smallest absolute Gasteiger partial charge is 0.339 e. The van der Waals surface area contributed by atoms with Crippen molar-refractivity contribution in [2.75, 3.05) is 20.2 Å². The highest BCUT2D eigenvalue weighted by atomic mass is 35.5. The second-order valence-corrected chi connectivity index (χ2v) is 4.61. The van der Waals surface area contributed by atoms with Crippen LogP contribution in [0.3, 0.4) is 0 Å². The molecule has 1 rings (SSSR count). The zero-order valence-electron chi connectivity index (χ0n) is 10.4. The maximum absolute atomic E-state index is 11.6. The molecule has 0 radical (unpaired) electrons. The first kappa shape index (κ1) is 15.6. The normalized spacial score (nSPS) is 10.1. The van der Waals surface area contributed by atoms with Gasteiger partial charge in [-0.05, 0) is 19.1 Å². The first-order valence-corrected chi connectivity index (χ1v) is 6.21. The van der Waals surface area contributed by atoms with Crippen molar-refractivity contribution < 1.29 is 19.4 Å². The molecule has 0 aliphatic rings. The van der Waals surface area contributed by atoms with Crippen molar-refractivity contribution >= 4 is 35.1 Å². The van der Waals surface area contributed by atoms with E-state index in [1.165, 1.54) is 17.0 Å². The summed E-state index contributed by atoms with van der Waals surface area (Å²) in [7, 11) is 1.62. The highest BCUT2D eigenvalue weighted by Crippen LogP contribution is 2.32. The van der Waals surface area contributed by atoms with Gasteiger partial charge in [0, 0.05) is 18.6 Å². The molecule has 5 nitrogen and oxygen atoms in total. The number of carboxylic acid groups (broad SMARTS) is 1. The van der Waals surface area contributed by atoms with Crippen molar-refractivity contribution in [3.05, 3.63) is 27.7 Å². The fourth-order valence-corrected chi connectivity index (χ4v) is 1.83. The topological polar surface area (TPSA) is 66.8 Å². The van der Waals surface area contributed by atoms with Crippen molar-refractivity contribution in [2.24, 2.45) is 0 Å². The average molecular weight is 306 g/mol. The third-order valence-corrected chi connectivity index (χ3v) is 2.98. The molecule has 0 heterocycles. The van der Waals surface area contributed by atoms with E-state index in [1.807, 2.05) is 6.92 Å². The Hall–Kier alpha value is -1.46. The van der Waals surface area contributed by atoms with Gasteiger partial charge in [-0.1, -0.05) is 23.2 Å². The zero-order valence-corrected chi connectivity index (χ0v) is 12.0. The maximum atomic E-state index is 11.6. The summed E-state index contributed by atoms with van der Waals surface area (Å²) in [5.41, 5.74) is -0.176. The number of hydrogen-bond donors (Lipinski definition) is 1. The molecule has 1 aromatic rings. The van der Waals surface area contributed by atoms with Crippen LogP contribution >= 0.6 is 23.2 Å². The number of benzene rings is 1. The molecular weight excluding hydrogens is 293 g/mol. The number of rotatable bonds is 5. The second kappa shape index (κ2) is 6.63. The van der Waals surface area contributed by atoms with E-state index in [9.17, 15) is 9.59 Å². The number of halogens is 2. The number of carbonyl (C=O) groups is 2. The summed E-state index contributed by atoms with van der Waals surface area (Å²) in [6.45, 7) is 2.06. The molecule has 0 atom stereocenters. The SMILES string of the molecule is CCN(C)C(=O)COc1c(Cl)cc(Cl)cc1C(=O)O. The predicted octanol–water partition coefficient (Wildman–Crippen LogP) is 2.55. The average Bonchev–Trinajstić information content (AvgIpc) is 2.35. The Morgan fingerprint density at radius 3 is 2.53 bits per heavy atom. The summed E-state index contributed by atoms with van der Waals surface area (Å²) >= 11 is 11.6. The van der Waals surface area contributed by atoms with Crippen LogP contribution in [0.15, 0.2) is 12.1 Å². The largest absolute Gasteiger partial charge is 0.481 e. The Labute approximate surface area is 120 Å². The van der Waals surface area contributed by atoms with Crippen LogP contribution in [-0.4, -0.2) is 42.1 Å². The fraction of sp³-hybridized carbons (Fsp3) is 0.333. The minimum absolute atomic E-state index is 0.0526. The van der Waals surface area contributed by atoms with Gasteiger partial charge in [-0.2, -0.15) is 0 Å². The van der Waals surface area contributed by atoms with Crippen LogP contribution in [0.2, 0.25) is 10.0 Å². The van der Waals surface area contributed by atoms with Gasteiger partial charge in [0.15, 0.2) is 12.4 Å². The number of amides is 1. The summed E-state index contributed by atoms with van der Waals surface area (Å²) in [6.07, 6.45) is 0. The Morgan fingerprint density at radius 2 is 2.00 bits per heavy atom. The number of carbonyl (C=O) groups excluding carboxylic acids is 1. The van der Waals surface area contributed by atoms with E-state index in [1.54, 1.807) is 7.05 Å². The van der Waals surface area contributed by atoms with Gasteiger partial charge in [0.25, 0.3) is 5.91 Å². The lowest BCUT2D eigenvalue weighted by Crippen LogP contribution is -2.31. The molecule has 0 unspecified atom stereocenters. The van der Waals surface area contributed by atoms with Crippen molar-refractivity contribution in [3.63, 3.8) is 0 Å². The molecule has 19 heavy (non-hydrogen) atoms. The highest BCUT2D eigenvalue weighted by molar-refractivity contribution is 6.36. The Bertz CT molecular complexity index is 505. The summed E-state index contributed by atoms with van der Waals surface area (Å²) < 4.78 is 5.21. The molecule has 1 N–H and O–H groups in total. The van der Waals surface area contributed by atoms with E-state index in [4.69, 9.17) is 33.0 Å². The van der Waals surface area contributed by atoms with Gasteiger partial charge < -0.3 is 14.7 Å². The molecule has 0 aliphatic heterocycles. The summed E-state index contributed by atoms with van der Waals surface area (Å²) in [6, 6.07) is 2.58. The summed E-state index contributed by atoms with van der Waals surface area (Å²) in [4.78, 5) is 24.1. The van der Waals surface area contributed by atoms with Crippen molar-refractivity contribution in [3.8, 4) is 5.75 Å². The number of nitrogens with zero attached hydrogens (tertiary/aromatic N) is 1. The van der Waals surface area contributed by atoms with Crippen molar-refractivity contribution in [2.45, 2.75) is 6.92 Å². The van der Waals surface area contributed by atoms with Gasteiger partial charge in [-0.3, -0.25) is 4.79 Å². The molecule has 0 fully saturated rings. The lowest BCUT2D eigenvalue weighted by molar-refractivity contribution is -0.131. The molecule has 7 heteroatoms. The van der Waals surface area contributed by atoms with Gasteiger partial charge in [-0.25, -0.2) is 4.79 Å². The molecule has 1 aromatic carbocycles. The van der Waals surface area contributed by atoms with Gasteiger partial charge in [0.1, 0.15) is 5.56 Å². The van der Waals surface area contributed by atoms with Crippen LogP contribution in [0.1, 0.15) is 17.3 Å². The molecule has 104 valence electrons. The lowest BCUT2D eigenvalue weighted by Gasteiger charge is -2.16. The monoisotopic (exact) mass is 305 g/mol. The molecule has 0 saturated carbocycles. The Kier molecular flexibility index (Phi) is 5.44. The minimum atomic E-state index is -1.23. The quantitative estimate of drug-likeness (QED) is 0.908. The van der Waals surface area contributed by atoms with Gasteiger partial charge in [-0.15, -0.1) is 0 Å². The van der Waals surface area contributed by atoms with Gasteiger partial charge in [0.05, 0.1) is 5.02 Å². The molecular formula is C12H13Cl2NO4. The van der Waals surface area contributed by atoms with E-state index in [0.717, 1.165) is 0 Å². The van der Waals surface area contributed by atoms with Crippen LogP contribution in [0.5, 0.6) is 5.75 Å². The zero-order chi connectivity index (χ0) is 14.6. The van der Waals surface area contributed by atoms with E-state index in [2.05, 4.69) is 0 Å². The third kappa shape index (κ3) is 4.01. The Morgan fingerprint density at radius 1 is 1.37 bits per heavy atom. The lowest BCUT2D eigenvalue weighted by atomic mass is 10.2. The minimum Gasteiger partial charge on any atom is -0.481 e. The van der Waals surface area contributed by atoms with Gasteiger partial charge >= 0.3 is 5.97 Å². The maximum Gasteiger partial charge on any atom is 0.339 e. The van der Waals surface area contributed by atoms with Crippen molar-refractivity contribution in [1.29, 1.82) is 0 Å². The number of hydrogen-bond acceptors (Lipinski definition) is 3. The Balaban J connectivity index is 2.95. The van der Waals surface area contributed by atoms with Crippen LogP contribution in [-0.2, 0) is 4.79 Å². The van der Waals surface area contributed by atoms with Crippen LogP contribution in [0.25, 0.3) is 0 Å². The number of likely N-dealkylation sites (N-methyl/N-ethyl adjacent to an activating group) is 1. The van der Waals surface area contributed by atoms with E-state index in [-0.39, 0.29) is 33.9 Å². The molecule has 0 bridgehead atoms. The third-order valence-electron chi connectivity index (χ3n) is 2.48. The van der Waals surface area contributed by atoms with Crippen molar-refractivity contribution in [1.82, 2.24) is 4.90 Å².